The molecular weight excluding hydrogens is 204 g/mol. The van der Waals surface area contributed by atoms with Crippen molar-refractivity contribution in [1.82, 2.24) is 0 Å². The minimum absolute atomic E-state index is 0.624. The summed E-state index contributed by atoms with van der Waals surface area (Å²) in [5.41, 5.74) is -0.663. The Labute approximate surface area is 95.8 Å². The molecule has 0 saturated carbocycles. The number of hydrogen-bond acceptors (Lipinski definition) is 2. The number of carbonyl (C=O) groups is 1. The zero-order valence-corrected chi connectivity index (χ0v) is 9.99. The van der Waals surface area contributed by atoms with Gasteiger partial charge in [0.2, 0.25) is 0 Å². The van der Waals surface area contributed by atoms with E-state index in [2.05, 4.69) is 0 Å². The summed E-state index contributed by atoms with van der Waals surface area (Å²) in [5, 5.41) is 8.92. The summed E-state index contributed by atoms with van der Waals surface area (Å²) in [7, 11) is 0. The Morgan fingerprint density at radius 3 is 2.69 bits per heavy atom. The van der Waals surface area contributed by atoms with Gasteiger partial charge in [-0.3, -0.25) is 4.79 Å². The molecule has 0 aliphatic rings. The molecule has 0 spiro atoms. The molecule has 0 bridgehead atoms. The molecule has 0 amide bonds. The van der Waals surface area contributed by atoms with E-state index in [1.165, 1.54) is 0 Å². The third-order valence-corrected chi connectivity index (χ3v) is 2.56. The van der Waals surface area contributed by atoms with Crippen LogP contribution in [0.25, 0.3) is 6.08 Å². The van der Waals surface area contributed by atoms with Gasteiger partial charge in [0, 0.05) is 0 Å². The fourth-order valence-corrected chi connectivity index (χ4v) is 1.29. The SMILES string of the molecule is Cc1ccc(/C=C/CCC(C)(C)C(=O)O)o1. The summed E-state index contributed by atoms with van der Waals surface area (Å²) in [6, 6.07) is 3.80. The zero-order valence-electron chi connectivity index (χ0n) is 9.99. The molecule has 3 nitrogen and oxygen atoms in total. The van der Waals surface area contributed by atoms with E-state index >= 15 is 0 Å². The lowest BCUT2D eigenvalue weighted by molar-refractivity contribution is -0.147. The molecule has 1 heterocycles. The van der Waals surface area contributed by atoms with Gasteiger partial charge in [-0.25, -0.2) is 0 Å². The molecule has 0 fully saturated rings. The molecular formula is C13H18O3. The highest BCUT2D eigenvalue weighted by Gasteiger charge is 2.25. The molecule has 88 valence electrons. The second-order valence-corrected chi connectivity index (χ2v) is 4.58. The Kier molecular flexibility index (Phi) is 3.93. The number of carboxylic acids is 1. The van der Waals surface area contributed by atoms with Gasteiger partial charge < -0.3 is 9.52 Å². The third kappa shape index (κ3) is 3.57. The summed E-state index contributed by atoms with van der Waals surface area (Å²) in [4.78, 5) is 10.8. The summed E-state index contributed by atoms with van der Waals surface area (Å²) < 4.78 is 5.36. The number of hydrogen-bond donors (Lipinski definition) is 1. The molecule has 0 radical (unpaired) electrons. The van der Waals surface area contributed by atoms with E-state index in [-0.39, 0.29) is 0 Å². The van der Waals surface area contributed by atoms with Gasteiger partial charge in [0.25, 0.3) is 0 Å². The van der Waals surface area contributed by atoms with E-state index in [1.54, 1.807) is 13.8 Å². The lowest BCUT2D eigenvalue weighted by Crippen LogP contribution is -2.22. The van der Waals surface area contributed by atoms with Crippen molar-refractivity contribution < 1.29 is 14.3 Å². The summed E-state index contributed by atoms with van der Waals surface area (Å²) >= 11 is 0. The predicted octanol–water partition coefficient (Wildman–Crippen LogP) is 3.49. The van der Waals surface area contributed by atoms with Crippen LogP contribution in [-0.4, -0.2) is 11.1 Å². The maximum absolute atomic E-state index is 10.8. The average molecular weight is 222 g/mol. The lowest BCUT2D eigenvalue weighted by atomic mass is 9.88. The molecule has 1 aromatic heterocycles. The van der Waals surface area contributed by atoms with Gasteiger partial charge in [-0.05, 0) is 51.8 Å². The number of rotatable bonds is 5. The predicted molar refractivity (Wildman–Crippen MR) is 63.1 cm³/mol. The van der Waals surface area contributed by atoms with Crippen LogP contribution in [0.1, 0.15) is 38.2 Å². The molecule has 0 atom stereocenters. The van der Waals surface area contributed by atoms with Crippen molar-refractivity contribution in [2.45, 2.75) is 33.6 Å². The normalized spacial score (nSPS) is 12.2. The Morgan fingerprint density at radius 2 is 2.19 bits per heavy atom. The third-order valence-electron chi connectivity index (χ3n) is 2.56. The minimum Gasteiger partial charge on any atom is -0.481 e. The van der Waals surface area contributed by atoms with Crippen LogP contribution in [0.15, 0.2) is 22.6 Å². The highest BCUT2D eigenvalue weighted by atomic mass is 16.4. The average Bonchev–Trinajstić information content (AvgIpc) is 2.59. The molecule has 1 N–H and O–H groups in total. The van der Waals surface area contributed by atoms with E-state index in [9.17, 15) is 4.79 Å². The van der Waals surface area contributed by atoms with Crippen LogP contribution in [0.5, 0.6) is 0 Å². The molecule has 0 aromatic carbocycles. The topological polar surface area (TPSA) is 50.4 Å². The van der Waals surface area contributed by atoms with Crippen LogP contribution in [0.2, 0.25) is 0 Å². The molecule has 0 aliphatic heterocycles. The standard InChI is InChI=1S/C13H18O3/c1-10-7-8-11(16-10)6-4-5-9-13(2,3)12(14)15/h4,6-8H,5,9H2,1-3H3,(H,14,15)/b6-4+. The second-order valence-electron chi connectivity index (χ2n) is 4.58. The van der Waals surface area contributed by atoms with Crippen LogP contribution in [0, 0.1) is 12.3 Å². The largest absolute Gasteiger partial charge is 0.481 e. The van der Waals surface area contributed by atoms with Crippen LogP contribution in [-0.2, 0) is 4.79 Å². The fourth-order valence-electron chi connectivity index (χ4n) is 1.29. The van der Waals surface area contributed by atoms with Gasteiger partial charge in [-0.1, -0.05) is 6.08 Å². The minimum atomic E-state index is -0.755. The molecule has 1 aromatic rings. The van der Waals surface area contributed by atoms with Crippen molar-refractivity contribution in [2.75, 3.05) is 0 Å². The first kappa shape index (κ1) is 12.6. The van der Waals surface area contributed by atoms with E-state index in [0.717, 1.165) is 17.9 Å². The van der Waals surface area contributed by atoms with Gasteiger partial charge in [0.1, 0.15) is 11.5 Å². The van der Waals surface area contributed by atoms with Gasteiger partial charge in [-0.15, -0.1) is 0 Å². The molecule has 16 heavy (non-hydrogen) atoms. The first-order valence-corrected chi connectivity index (χ1v) is 5.38. The highest BCUT2D eigenvalue weighted by Crippen LogP contribution is 2.22. The molecule has 0 aliphatic carbocycles. The monoisotopic (exact) mass is 222 g/mol. The van der Waals surface area contributed by atoms with Crippen molar-refractivity contribution in [2.24, 2.45) is 5.41 Å². The van der Waals surface area contributed by atoms with E-state index in [0.29, 0.717) is 6.42 Å². The summed E-state index contributed by atoms with van der Waals surface area (Å²) in [6.07, 6.45) is 5.19. The molecule has 3 heteroatoms. The lowest BCUT2D eigenvalue weighted by Gasteiger charge is -2.17. The molecule has 0 unspecified atom stereocenters. The van der Waals surface area contributed by atoms with Crippen molar-refractivity contribution in [3.8, 4) is 0 Å². The second kappa shape index (κ2) is 5.01. The van der Waals surface area contributed by atoms with E-state index in [4.69, 9.17) is 9.52 Å². The summed E-state index contributed by atoms with van der Waals surface area (Å²) in [5.74, 6) is 0.936. The number of aryl methyl sites for hydroxylation is 1. The number of aliphatic carboxylic acids is 1. The summed E-state index contributed by atoms with van der Waals surface area (Å²) in [6.45, 7) is 5.37. The van der Waals surface area contributed by atoms with Crippen molar-refractivity contribution in [3.05, 3.63) is 29.7 Å². The van der Waals surface area contributed by atoms with Crippen LogP contribution in [0.4, 0.5) is 0 Å². The smallest absolute Gasteiger partial charge is 0.309 e. The highest BCUT2D eigenvalue weighted by molar-refractivity contribution is 5.73. The van der Waals surface area contributed by atoms with Gasteiger partial charge in [0.15, 0.2) is 0 Å². The van der Waals surface area contributed by atoms with Crippen LogP contribution >= 0.6 is 0 Å². The van der Waals surface area contributed by atoms with Crippen molar-refractivity contribution >= 4 is 12.0 Å². The quantitative estimate of drug-likeness (QED) is 0.829. The van der Waals surface area contributed by atoms with Crippen molar-refractivity contribution in [1.29, 1.82) is 0 Å². The van der Waals surface area contributed by atoms with Gasteiger partial charge >= 0.3 is 5.97 Å². The van der Waals surface area contributed by atoms with Gasteiger partial charge in [0.05, 0.1) is 5.41 Å². The Balaban J connectivity index is 2.41. The Bertz CT molecular complexity index is 386. The fraction of sp³-hybridized carbons (Fsp3) is 0.462. The molecule has 1 rings (SSSR count). The first-order valence-electron chi connectivity index (χ1n) is 5.38. The number of allylic oxidation sites excluding steroid dienone is 1. The number of furan rings is 1. The molecule has 0 saturated heterocycles. The van der Waals surface area contributed by atoms with Crippen molar-refractivity contribution in [3.63, 3.8) is 0 Å². The van der Waals surface area contributed by atoms with Gasteiger partial charge in [-0.2, -0.15) is 0 Å². The Hall–Kier alpha value is -1.51. The van der Waals surface area contributed by atoms with E-state index < -0.39 is 11.4 Å². The van der Waals surface area contributed by atoms with E-state index in [1.807, 2.05) is 31.2 Å². The number of carboxylic acid groups (broad SMARTS) is 1. The Morgan fingerprint density at radius 1 is 1.50 bits per heavy atom. The maximum atomic E-state index is 10.8. The maximum Gasteiger partial charge on any atom is 0.309 e. The zero-order chi connectivity index (χ0) is 12.2. The van der Waals surface area contributed by atoms with Crippen LogP contribution in [0.3, 0.4) is 0 Å². The first-order chi connectivity index (χ1) is 7.42. The van der Waals surface area contributed by atoms with Crippen LogP contribution < -0.4 is 0 Å².